The fourth-order valence-electron chi connectivity index (χ4n) is 1.32. The molecule has 0 saturated carbocycles. The Bertz CT molecular complexity index is 551. The van der Waals surface area contributed by atoms with E-state index in [2.05, 4.69) is 5.10 Å². The van der Waals surface area contributed by atoms with E-state index in [4.69, 9.17) is 11.6 Å². The minimum atomic E-state index is -4.46. The Morgan fingerprint density at radius 1 is 1.29 bits per heavy atom. The third kappa shape index (κ3) is 2.74. The molecule has 0 atom stereocenters. The van der Waals surface area contributed by atoms with Gasteiger partial charge < -0.3 is 0 Å². The summed E-state index contributed by atoms with van der Waals surface area (Å²) in [4.78, 5) is 0. The Morgan fingerprint density at radius 3 is 2.53 bits per heavy atom. The molecule has 90 valence electrons. The third-order valence-corrected chi connectivity index (χ3v) is 2.96. The van der Waals surface area contributed by atoms with Crippen LogP contribution in [0.5, 0.6) is 0 Å². The molecule has 0 amide bonds. The first-order valence-corrected chi connectivity index (χ1v) is 5.91. The van der Waals surface area contributed by atoms with E-state index in [0.717, 1.165) is 9.64 Å². The molecule has 0 aliphatic rings. The van der Waals surface area contributed by atoms with Crippen molar-refractivity contribution in [2.24, 2.45) is 0 Å². The normalized spacial score (nSPS) is 11.8. The predicted molar refractivity (Wildman–Crippen MR) is 66.3 cm³/mol. The quantitative estimate of drug-likeness (QED) is 0.688. The van der Waals surface area contributed by atoms with Crippen LogP contribution in [-0.4, -0.2) is 9.78 Å². The van der Waals surface area contributed by atoms with E-state index >= 15 is 0 Å². The Balaban J connectivity index is 2.51. The van der Waals surface area contributed by atoms with Crippen molar-refractivity contribution in [2.45, 2.75) is 6.18 Å². The van der Waals surface area contributed by atoms with Crippen LogP contribution in [-0.2, 0) is 6.18 Å². The summed E-state index contributed by atoms with van der Waals surface area (Å²) in [6.07, 6.45) is -1.28. The van der Waals surface area contributed by atoms with Gasteiger partial charge in [0, 0.05) is 6.20 Å². The maximum atomic E-state index is 12.6. The highest BCUT2D eigenvalue weighted by atomic mass is 127. The predicted octanol–water partition coefficient (Wildman–Crippen LogP) is 4.15. The Morgan fingerprint density at radius 2 is 2.00 bits per heavy atom. The van der Waals surface area contributed by atoms with Crippen LogP contribution >= 0.6 is 34.2 Å². The molecule has 2 nitrogen and oxygen atoms in total. The van der Waals surface area contributed by atoms with Gasteiger partial charge in [0.2, 0.25) is 0 Å². The number of alkyl halides is 3. The zero-order chi connectivity index (χ0) is 12.6. The van der Waals surface area contributed by atoms with Crippen molar-refractivity contribution in [1.82, 2.24) is 9.78 Å². The van der Waals surface area contributed by atoms with Gasteiger partial charge in [-0.1, -0.05) is 11.6 Å². The molecule has 0 aliphatic carbocycles. The van der Waals surface area contributed by atoms with Crippen molar-refractivity contribution >= 4 is 34.2 Å². The summed E-state index contributed by atoms with van der Waals surface area (Å²) in [6, 6.07) is 3.68. The molecular formula is C10H5ClF3IN2. The van der Waals surface area contributed by atoms with Crippen LogP contribution in [0.4, 0.5) is 13.2 Å². The Hall–Kier alpha value is -0.760. The largest absolute Gasteiger partial charge is 0.417 e. The summed E-state index contributed by atoms with van der Waals surface area (Å²) in [6.45, 7) is 0. The molecule has 0 saturated heterocycles. The molecule has 1 aromatic carbocycles. The lowest BCUT2D eigenvalue weighted by molar-refractivity contribution is -0.137. The van der Waals surface area contributed by atoms with E-state index in [1.807, 2.05) is 22.6 Å². The van der Waals surface area contributed by atoms with Crippen LogP contribution in [0, 0.1) is 3.57 Å². The first kappa shape index (κ1) is 12.7. The minimum Gasteiger partial charge on any atom is -0.240 e. The van der Waals surface area contributed by atoms with Crippen LogP contribution in [0.15, 0.2) is 30.6 Å². The second kappa shape index (κ2) is 4.49. The van der Waals surface area contributed by atoms with Gasteiger partial charge in [0.15, 0.2) is 0 Å². The number of halogens is 5. The average Bonchev–Trinajstić information content (AvgIpc) is 2.64. The van der Waals surface area contributed by atoms with Gasteiger partial charge in [-0.15, -0.1) is 0 Å². The topological polar surface area (TPSA) is 17.8 Å². The highest BCUT2D eigenvalue weighted by Crippen LogP contribution is 2.35. The molecule has 0 N–H and O–H groups in total. The zero-order valence-corrected chi connectivity index (χ0v) is 11.1. The van der Waals surface area contributed by atoms with Crippen molar-refractivity contribution in [3.63, 3.8) is 0 Å². The van der Waals surface area contributed by atoms with Crippen molar-refractivity contribution in [1.29, 1.82) is 0 Å². The fourth-order valence-corrected chi connectivity index (χ4v) is 1.93. The molecule has 7 heteroatoms. The van der Waals surface area contributed by atoms with Crippen molar-refractivity contribution < 1.29 is 13.2 Å². The second-order valence-electron chi connectivity index (χ2n) is 3.27. The number of aromatic nitrogens is 2. The molecule has 2 rings (SSSR count). The van der Waals surface area contributed by atoms with E-state index in [9.17, 15) is 13.2 Å². The number of hydrogen-bond acceptors (Lipinski definition) is 1. The van der Waals surface area contributed by atoms with Crippen LogP contribution in [0.25, 0.3) is 5.69 Å². The summed E-state index contributed by atoms with van der Waals surface area (Å²) < 4.78 is 40.1. The number of hydrogen-bond donors (Lipinski definition) is 0. The second-order valence-corrected chi connectivity index (χ2v) is 4.92. The molecule has 0 radical (unpaired) electrons. The molecule has 0 unspecified atom stereocenters. The molecule has 17 heavy (non-hydrogen) atoms. The van der Waals surface area contributed by atoms with Gasteiger partial charge in [0.05, 0.1) is 26.0 Å². The molecule has 1 heterocycles. The average molecular weight is 373 g/mol. The summed E-state index contributed by atoms with van der Waals surface area (Å²) in [7, 11) is 0. The molecule has 0 spiro atoms. The van der Waals surface area contributed by atoms with Gasteiger partial charge in [0.1, 0.15) is 0 Å². The van der Waals surface area contributed by atoms with Crippen molar-refractivity contribution in [3.05, 3.63) is 44.7 Å². The summed E-state index contributed by atoms with van der Waals surface area (Å²) in [5, 5.41) is 3.62. The van der Waals surface area contributed by atoms with Crippen LogP contribution in [0.1, 0.15) is 5.56 Å². The lowest BCUT2D eigenvalue weighted by atomic mass is 10.2. The molecule has 0 aliphatic heterocycles. The van der Waals surface area contributed by atoms with Crippen molar-refractivity contribution in [3.8, 4) is 5.69 Å². The SMILES string of the molecule is FC(F)(F)c1cc(-n2cc(I)cn2)ccc1Cl. The molecule has 1 aromatic heterocycles. The zero-order valence-electron chi connectivity index (χ0n) is 8.17. The van der Waals surface area contributed by atoms with E-state index in [1.165, 1.54) is 16.8 Å². The maximum Gasteiger partial charge on any atom is 0.417 e. The smallest absolute Gasteiger partial charge is 0.240 e. The van der Waals surface area contributed by atoms with E-state index in [0.29, 0.717) is 5.69 Å². The van der Waals surface area contributed by atoms with E-state index in [-0.39, 0.29) is 5.02 Å². The molecule has 0 fully saturated rings. The van der Waals surface area contributed by atoms with Gasteiger partial charge >= 0.3 is 6.18 Å². The highest BCUT2D eigenvalue weighted by Gasteiger charge is 2.33. The van der Waals surface area contributed by atoms with E-state index < -0.39 is 11.7 Å². The van der Waals surface area contributed by atoms with Crippen LogP contribution in [0.3, 0.4) is 0 Å². The van der Waals surface area contributed by atoms with Gasteiger partial charge in [-0.2, -0.15) is 18.3 Å². The Kier molecular flexibility index (Phi) is 3.35. The number of rotatable bonds is 1. The lowest BCUT2D eigenvalue weighted by Crippen LogP contribution is -2.07. The highest BCUT2D eigenvalue weighted by molar-refractivity contribution is 14.1. The van der Waals surface area contributed by atoms with Gasteiger partial charge in [-0.05, 0) is 40.8 Å². The summed E-state index contributed by atoms with van der Waals surface area (Å²) >= 11 is 7.55. The lowest BCUT2D eigenvalue weighted by Gasteiger charge is -2.10. The molecule has 2 aromatic rings. The monoisotopic (exact) mass is 372 g/mol. The standard InChI is InChI=1S/C10H5ClF3IN2/c11-9-2-1-7(3-8(9)10(12,13)14)17-5-6(15)4-16-17/h1-5H. The van der Waals surface area contributed by atoms with Gasteiger partial charge in [-0.25, -0.2) is 4.68 Å². The third-order valence-electron chi connectivity index (χ3n) is 2.07. The first-order chi connectivity index (χ1) is 7.88. The van der Waals surface area contributed by atoms with Gasteiger partial charge in [0.25, 0.3) is 0 Å². The fraction of sp³-hybridized carbons (Fsp3) is 0.100. The van der Waals surface area contributed by atoms with Gasteiger partial charge in [-0.3, -0.25) is 0 Å². The summed E-state index contributed by atoms with van der Waals surface area (Å²) in [5.74, 6) is 0. The molecular weight excluding hydrogens is 367 g/mol. The number of benzene rings is 1. The maximum absolute atomic E-state index is 12.6. The summed E-state index contributed by atoms with van der Waals surface area (Å²) in [5.41, 5.74) is -0.535. The Labute approximate surface area is 114 Å². The van der Waals surface area contributed by atoms with E-state index in [1.54, 1.807) is 12.4 Å². The van der Waals surface area contributed by atoms with Crippen LogP contribution in [0.2, 0.25) is 5.02 Å². The van der Waals surface area contributed by atoms with Crippen molar-refractivity contribution in [2.75, 3.05) is 0 Å². The van der Waals surface area contributed by atoms with Crippen LogP contribution < -0.4 is 0 Å². The number of nitrogens with zero attached hydrogens (tertiary/aromatic N) is 2. The first-order valence-electron chi connectivity index (χ1n) is 4.45. The minimum absolute atomic E-state index is 0.317. The molecule has 0 bridgehead atoms.